The second-order valence-corrected chi connectivity index (χ2v) is 9.59. The average Bonchev–Trinajstić information content (AvgIpc) is 3.26. The lowest BCUT2D eigenvalue weighted by Crippen LogP contribution is -2.55. The summed E-state index contributed by atoms with van der Waals surface area (Å²) in [6, 6.07) is 1.91. The Bertz CT molecular complexity index is 872. The van der Waals surface area contributed by atoms with Crippen LogP contribution in [0, 0.1) is 0 Å². The van der Waals surface area contributed by atoms with Crippen molar-refractivity contribution in [1.29, 1.82) is 0 Å². The van der Waals surface area contributed by atoms with Crippen LogP contribution in [0.25, 0.3) is 0 Å². The van der Waals surface area contributed by atoms with Crippen LogP contribution in [0.4, 0.5) is 0 Å². The van der Waals surface area contributed by atoms with Gasteiger partial charge in [-0.1, -0.05) is 0 Å². The number of rotatable bonds is 3. The molecule has 1 aromatic heterocycles. The molecular formula is C18H25N3O5S. The average molecular weight is 395 g/mol. The molecule has 2 fully saturated rings. The minimum atomic E-state index is -3.27. The van der Waals surface area contributed by atoms with Gasteiger partial charge in [-0.15, -0.1) is 0 Å². The number of hydrogen-bond donors (Lipinski definition) is 0. The highest BCUT2D eigenvalue weighted by molar-refractivity contribution is 7.88. The van der Waals surface area contributed by atoms with Gasteiger partial charge >= 0.3 is 0 Å². The molecule has 0 N–H and O–H groups in total. The van der Waals surface area contributed by atoms with Gasteiger partial charge in [0.1, 0.15) is 11.2 Å². The van der Waals surface area contributed by atoms with Gasteiger partial charge in [0.2, 0.25) is 15.9 Å². The van der Waals surface area contributed by atoms with Gasteiger partial charge in [0.15, 0.2) is 0 Å². The van der Waals surface area contributed by atoms with Gasteiger partial charge in [-0.3, -0.25) is 4.79 Å². The van der Waals surface area contributed by atoms with E-state index in [1.165, 1.54) is 17.7 Å². The van der Waals surface area contributed by atoms with Crippen molar-refractivity contribution in [1.82, 2.24) is 14.2 Å². The van der Waals surface area contributed by atoms with E-state index in [-0.39, 0.29) is 12.5 Å². The minimum Gasteiger partial charge on any atom is -0.480 e. The number of aryl methyl sites for hydroxylation is 2. The van der Waals surface area contributed by atoms with Crippen molar-refractivity contribution in [2.24, 2.45) is 0 Å². The van der Waals surface area contributed by atoms with Crippen molar-refractivity contribution in [3.63, 3.8) is 0 Å². The van der Waals surface area contributed by atoms with Crippen molar-refractivity contribution in [3.05, 3.63) is 22.9 Å². The van der Waals surface area contributed by atoms with Crippen molar-refractivity contribution in [3.8, 4) is 5.88 Å². The van der Waals surface area contributed by atoms with Gasteiger partial charge in [0.05, 0.1) is 26.5 Å². The maximum absolute atomic E-state index is 13.2. The number of ether oxygens (including phenoxy) is 2. The van der Waals surface area contributed by atoms with E-state index in [0.29, 0.717) is 44.1 Å². The third kappa shape index (κ3) is 3.43. The van der Waals surface area contributed by atoms with E-state index < -0.39 is 15.6 Å². The lowest BCUT2D eigenvalue weighted by Gasteiger charge is -2.40. The number of morpholine rings is 1. The second kappa shape index (κ2) is 6.72. The Morgan fingerprint density at radius 1 is 1.30 bits per heavy atom. The molecule has 2 saturated heterocycles. The van der Waals surface area contributed by atoms with E-state index in [4.69, 9.17) is 9.47 Å². The van der Waals surface area contributed by atoms with Gasteiger partial charge in [0.25, 0.3) is 5.91 Å². The quantitative estimate of drug-likeness (QED) is 0.739. The summed E-state index contributed by atoms with van der Waals surface area (Å²) < 4.78 is 36.5. The smallest absolute Gasteiger partial charge is 0.259 e. The molecule has 1 unspecified atom stereocenters. The fourth-order valence-electron chi connectivity index (χ4n) is 4.29. The minimum absolute atomic E-state index is 0.130. The number of nitrogens with zero attached hydrogens (tertiary/aromatic N) is 3. The molecule has 0 bridgehead atoms. The van der Waals surface area contributed by atoms with E-state index in [9.17, 15) is 13.2 Å². The molecule has 1 amide bonds. The highest BCUT2D eigenvalue weighted by Gasteiger charge is 2.46. The van der Waals surface area contributed by atoms with Crippen LogP contribution in [0.15, 0.2) is 6.07 Å². The van der Waals surface area contributed by atoms with Gasteiger partial charge in [-0.25, -0.2) is 13.4 Å². The summed E-state index contributed by atoms with van der Waals surface area (Å²) in [5, 5.41) is 0. The molecule has 1 aromatic rings. The van der Waals surface area contributed by atoms with Gasteiger partial charge in [-0.2, -0.15) is 4.31 Å². The molecule has 1 spiro atoms. The van der Waals surface area contributed by atoms with Crippen molar-refractivity contribution in [2.45, 2.75) is 31.3 Å². The molecule has 8 nitrogen and oxygen atoms in total. The van der Waals surface area contributed by atoms with E-state index in [1.54, 1.807) is 4.90 Å². The molecule has 2 aliphatic heterocycles. The number of amides is 1. The molecule has 27 heavy (non-hydrogen) atoms. The summed E-state index contributed by atoms with van der Waals surface area (Å²) in [5.41, 5.74) is 1.98. The zero-order valence-electron chi connectivity index (χ0n) is 15.7. The highest BCUT2D eigenvalue weighted by Crippen LogP contribution is 2.33. The monoisotopic (exact) mass is 395 g/mol. The first-order chi connectivity index (χ1) is 12.8. The van der Waals surface area contributed by atoms with Crippen LogP contribution in [0.1, 0.15) is 34.5 Å². The van der Waals surface area contributed by atoms with Crippen LogP contribution in [-0.4, -0.2) is 80.3 Å². The maximum atomic E-state index is 13.2. The van der Waals surface area contributed by atoms with Gasteiger partial charge in [0, 0.05) is 25.3 Å². The number of sulfonamides is 1. The van der Waals surface area contributed by atoms with Crippen molar-refractivity contribution in [2.75, 3.05) is 46.2 Å². The predicted octanol–water partition coefficient (Wildman–Crippen LogP) is 0.455. The molecule has 0 radical (unpaired) electrons. The Morgan fingerprint density at radius 3 is 2.81 bits per heavy atom. The zero-order valence-corrected chi connectivity index (χ0v) is 16.5. The summed E-state index contributed by atoms with van der Waals surface area (Å²) in [6.45, 7) is 1.95. The molecule has 3 heterocycles. The van der Waals surface area contributed by atoms with Crippen LogP contribution in [0.5, 0.6) is 5.88 Å². The Kier molecular flexibility index (Phi) is 4.64. The molecule has 1 atom stereocenters. The van der Waals surface area contributed by atoms with Crippen LogP contribution in [0.3, 0.4) is 0 Å². The predicted molar refractivity (Wildman–Crippen MR) is 98.4 cm³/mol. The van der Waals surface area contributed by atoms with Crippen LogP contribution in [-0.2, 0) is 27.6 Å². The number of aromatic nitrogens is 1. The van der Waals surface area contributed by atoms with Crippen molar-refractivity contribution >= 4 is 15.9 Å². The summed E-state index contributed by atoms with van der Waals surface area (Å²) in [4.78, 5) is 19.5. The molecule has 3 aliphatic rings. The molecule has 0 saturated carbocycles. The third-order valence-corrected chi connectivity index (χ3v) is 6.98. The van der Waals surface area contributed by atoms with E-state index in [2.05, 4.69) is 4.98 Å². The van der Waals surface area contributed by atoms with Crippen LogP contribution in [0.2, 0.25) is 0 Å². The van der Waals surface area contributed by atoms with Crippen LogP contribution >= 0.6 is 0 Å². The number of hydrogen-bond acceptors (Lipinski definition) is 6. The summed E-state index contributed by atoms with van der Waals surface area (Å²) in [5.74, 6) is 0.236. The SMILES string of the molecule is COc1nc2c(cc1C(=O)N1CCOC3(CCN(S(C)(=O)=O)C3)C1)CCC2. The molecule has 9 heteroatoms. The summed E-state index contributed by atoms with van der Waals surface area (Å²) >= 11 is 0. The first-order valence-electron chi connectivity index (χ1n) is 9.26. The number of pyridine rings is 1. The lowest BCUT2D eigenvalue weighted by molar-refractivity contribution is -0.0892. The van der Waals surface area contributed by atoms with E-state index >= 15 is 0 Å². The Hall–Kier alpha value is -1.71. The standard InChI is InChI=1S/C18H25N3O5S/c1-25-16-14(10-13-4-3-5-15(13)19-16)17(22)20-8-9-26-18(11-20)6-7-21(12-18)27(2,23)24/h10H,3-9,11-12H2,1-2H3. The summed E-state index contributed by atoms with van der Waals surface area (Å²) in [6.07, 6.45) is 4.69. The third-order valence-electron chi connectivity index (χ3n) is 5.73. The Balaban J connectivity index is 1.57. The molecule has 1 aliphatic carbocycles. The van der Waals surface area contributed by atoms with E-state index in [1.807, 2.05) is 6.07 Å². The molecule has 4 rings (SSSR count). The number of methoxy groups -OCH3 is 1. The first-order valence-corrected chi connectivity index (χ1v) is 11.1. The number of carbonyl (C=O) groups excluding carboxylic acids is 1. The van der Waals surface area contributed by atoms with Gasteiger partial charge < -0.3 is 14.4 Å². The topological polar surface area (TPSA) is 89.0 Å². The molecule has 148 valence electrons. The van der Waals surface area contributed by atoms with Gasteiger partial charge in [-0.05, 0) is 37.3 Å². The maximum Gasteiger partial charge on any atom is 0.259 e. The zero-order chi connectivity index (χ0) is 19.2. The van der Waals surface area contributed by atoms with Crippen LogP contribution < -0.4 is 4.74 Å². The molecule has 0 aromatic carbocycles. The largest absolute Gasteiger partial charge is 0.480 e. The fraction of sp³-hybridized carbons (Fsp3) is 0.667. The Morgan fingerprint density at radius 2 is 2.11 bits per heavy atom. The number of carbonyl (C=O) groups is 1. The Labute approximate surface area is 159 Å². The normalized spacial score (nSPS) is 25.8. The number of fused-ring (bicyclic) bond motifs is 1. The fourth-order valence-corrected chi connectivity index (χ4v) is 5.18. The lowest BCUT2D eigenvalue weighted by atomic mass is 10.00. The second-order valence-electron chi connectivity index (χ2n) is 7.61. The first kappa shape index (κ1) is 18.6. The van der Waals surface area contributed by atoms with E-state index in [0.717, 1.165) is 30.5 Å². The van der Waals surface area contributed by atoms with Crippen molar-refractivity contribution < 1.29 is 22.7 Å². The molecular weight excluding hydrogens is 370 g/mol. The summed E-state index contributed by atoms with van der Waals surface area (Å²) in [7, 11) is -1.74. The highest BCUT2D eigenvalue weighted by atomic mass is 32.2.